The molecule has 0 unspecified atom stereocenters. The van der Waals surface area contributed by atoms with E-state index in [2.05, 4.69) is 0 Å². The second kappa shape index (κ2) is 16.1. The van der Waals surface area contributed by atoms with Gasteiger partial charge in [-0.3, -0.25) is 0 Å². The molecule has 0 aromatic carbocycles. The van der Waals surface area contributed by atoms with Gasteiger partial charge >= 0.3 is 0 Å². The van der Waals surface area contributed by atoms with Crippen molar-refractivity contribution in [2.75, 3.05) is 0 Å². The largest absolute Gasteiger partial charge is 0.0877 e. The highest BCUT2D eigenvalue weighted by Crippen LogP contribution is 1.71. The number of allylic oxidation sites excluding steroid dienone is 4. The molecular formula is C8H16. The molecule has 8 heavy (non-hydrogen) atoms. The molecular weight excluding hydrogens is 96.1 g/mol. The zero-order valence-electron chi connectivity index (χ0n) is 6.31. The molecule has 0 spiro atoms. The molecule has 0 aromatic rings. The maximum Gasteiger partial charge on any atom is -0.0467 e. The van der Waals surface area contributed by atoms with Gasteiger partial charge in [-0.05, 0) is 13.8 Å². The quantitative estimate of drug-likeness (QED) is 0.457. The predicted molar refractivity (Wildman–Crippen MR) is 41.0 cm³/mol. The van der Waals surface area contributed by atoms with Crippen LogP contribution in [0.4, 0.5) is 0 Å². The Morgan fingerprint density at radius 2 is 1.00 bits per heavy atom. The lowest BCUT2D eigenvalue weighted by atomic mass is 10.5. The maximum absolute atomic E-state index is 2.00. The Kier molecular flexibility index (Phi) is 21.0. The highest BCUT2D eigenvalue weighted by molar-refractivity contribution is 4.98. The lowest BCUT2D eigenvalue weighted by Gasteiger charge is -1.62. The maximum atomic E-state index is 2.00. The van der Waals surface area contributed by atoms with Crippen molar-refractivity contribution in [3.8, 4) is 0 Å². The van der Waals surface area contributed by atoms with Crippen molar-refractivity contribution in [1.29, 1.82) is 0 Å². The lowest BCUT2D eigenvalue weighted by molar-refractivity contribution is 1.50. The van der Waals surface area contributed by atoms with Gasteiger partial charge in [0.25, 0.3) is 0 Å². The van der Waals surface area contributed by atoms with Crippen LogP contribution in [0.2, 0.25) is 0 Å². The lowest BCUT2D eigenvalue weighted by Crippen LogP contribution is -1.40. The first-order valence-corrected chi connectivity index (χ1v) is 3.15. The van der Waals surface area contributed by atoms with Crippen LogP contribution in [0.5, 0.6) is 0 Å². The van der Waals surface area contributed by atoms with Gasteiger partial charge in [-0.15, -0.1) is 0 Å². The Bertz CT molecular complexity index is 48.4. The van der Waals surface area contributed by atoms with Gasteiger partial charge in [0.1, 0.15) is 0 Å². The highest BCUT2D eigenvalue weighted by atomic mass is 13.6. The number of rotatable bonds is 1. The van der Waals surface area contributed by atoms with E-state index in [-0.39, 0.29) is 0 Å². The molecule has 0 radical (unpaired) electrons. The zero-order valence-corrected chi connectivity index (χ0v) is 6.31. The minimum Gasteiger partial charge on any atom is -0.0877 e. The Morgan fingerprint density at radius 1 is 0.750 bits per heavy atom. The van der Waals surface area contributed by atoms with Crippen LogP contribution >= 0.6 is 0 Å². The first-order chi connectivity index (χ1) is 3.91. The van der Waals surface area contributed by atoms with Crippen molar-refractivity contribution in [3.63, 3.8) is 0 Å². The van der Waals surface area contributed by atoms with Gasteiger partial charge < -0.3 is 0 Å². The van der Waals surface area contributed by atoms with Gasteiger partial charge in [0.15, 0.2) is 0 Å². The molecule has 0 aliphatic carbocycles. The van der Waals surface area contributed by atoms with Crippen molar-refractivity contribution in [1.82, 2.24) is 0 Å². The fraction of sp³-hybridized carbons (Fsp3) is 0.500. The van der Waals surface area contributed by atoms with Crippen LogP contribution < -0.4 is 0 Å². The average Bonchev–Trinajstić information content (AvgIpc) is 1.88. The summed E-state index contributed by atoms with van der Waals surface area (Å²) in [5, 5.41) is 0. The van der Waals surface area contributed by atoms with Crippen LogP contribution in [0.15, 0.2) is 24.3 Å². The molecule has 0 heteroatoms. The van der Waals surface area contributed by atoms with Crippen molar-refractivity contribution < 1.29 is 0 Å². The van der Waals surface area contributed by atoms with E-state index in [0.717, 1.165) is 0 Å². The van der Waals surface area contributed by atoms with E-state index in [4.69, 9.17) is 0 Å². The van der Waals surface area contributed by atoms with Gasteiger partial charge in [-0.25, -0.2) is 0 Å². The summed E-state index contributed by atoms with van der Waals surface area (Å²) in [4.78, 5) is 0. The first kappa shape index (κ1) is 10.5. The van der Waals surface area contributed by atoms with Gasteiger partial charge in [0.2, 0.25) is 0 Å². The Labute approximate surface area is 52.9 Å². The molecule has 0 aromatic heterocycles. The Balaban J connectivity index is 0. The van der Waals surface area contributed by atoms with E-state index < -0.39 is 0 Å². The molecule has 48 valence electrons. The van der Waals surface area contributed by atoms with Crippen LogP contribution in [-0.2, 0) is 0 Å². The fourth-order valence-electron chi connectivity index (χ4n) is 0.222. The molecule has 0 bridgehead atoms. The summed E-state index contributed by atoms with van der Waals surface area (Å²) in [5.41, 5.74) is 0. The summed E-state index contributed by atoms with van der Waals surface area (Å²) >= 11 is 0. The van der Waals surface area contributed by atoms with E-state index >= 15 is 0 Å². The molecule has 0 aliphatic rings. The summed E-state index contributed by atoms with van der Waals surface area (Å²) in [6.07, 6.45) is 8.00. The Hall–Kier alpha value is -0.520. The highest BCUT2D eigenvalue weighted by Gasteiger charge is 1.48. The minimum absolute atomic E-state index is 2.00. The fourth-order valence-corrected chi connectivity index (χ4v) is 0.222. The van der Waals surface area contributed by atoms with Crippen LogP contribution in [0.25, 0.3) is 0 Å². The van der Waals surface area contributed by atoms with Gasteiger partial charge in [-0.2, -0.15) is 0 Å². The van der Waals surface area contributed by atoms with Crippen molar-refractivity contribution in [2.24, 2.45) is 0 Å². The molecule has 0 atom stereocenters. The van der Waals surface area contributed by atoms with Gasteiger partial charge in [-0.1, -0.05) is 38.2 Å². The third-order valence-corrected chi connectivity index (χ3v) is 0.496. The van der Waals surface area contributed by atoms with E-state index in [9.17, 15) is 0 Å². The summed E-state index contributed by atoms with van der Waals surface area (Å²) < 4.78 is 0. The summed E-state index contributed by atoms with van der Waals surface area (Å²) in [7, 11) is 0. The monoisotopic (exact) mass is 112 g/mol. The van der Waals surface area contributed by atoms with E-state index in [1.807, 2.05) is 52.0 Å². The molecule has 0 aliphatic heterocycles. The smallest absolute Gasteiger partial charge is 0.0467 e. The molecule has 0 amide bonds. The third kappa shape index (κ3) is 17.9. The Morgan fingerprint density at radius 3 is 1.12 bits per heavy atom. The molecule has 0 rings (SSSR count). The average molecular weight is 112 g/mol. The minimum atomic E-state index is 2.00. The summed E-state index contributed by atoms with van der Waals surface area (Å²) in [6, 6.07) is 0. The predicted octanol–water partition coefficient (Wildman–Crippen LogP) is 3.16. The summed E-state index contributed by atoms with van der Waals surface area (Å²) in [5.74, 6) is 0. The van der Waals surface area contributed by atoms with Crippen LogP contribution in [0, 0.1) is 0 Å². The molecule has 0 fully saturated rings. The van der Waals surface area contributed by atoms with Crippen LogP contribution in [0.1, 0.15) is 27.7 Å². The first-order valence-electron chi connectivity index (χ1n) is 3.15. The number of hydrogen-bond donors (Lipinski definition) is 0. The van der Waals surface area contributed by atoms with Crippen molar-refractivity contribution >= 4 is 0 Å². The normalized spacial score (nSPS) is 9.50. The van der Waals surface area contributed by atoms with Crippen LogP contribution in [-0.4, -0.2) is 0 Å². The van der Waals surface area contributed by atoms with Gasteiger partial charge in [0.05, 0.1) is 0 Å². The molecule has 0 heterocycles. The summed E-state index contributed by atoms with van der Waals surface area (Å²) in [6.45, 7) is 8.00. The topological polar surface area (TPSA) is 0 Å². The van der Waals surface area contributed by atoms with Crippen LogP contribution in [0.3, 0.4) is 0 Å². The number of hydrogen-bond acceptors (Lipinski definition) is 0. The molecule has 0 saturated carbocycles. The third-order valence-electron chi connectivity index (χ3n) is 0.496. The van der Waals surface area contributed by atoms with E-state index in [0.29, 0.717) is 0 Å². The van der Waals surface area contributed by atoms with E-state index in [1.165, 1.54) is 0 Å². The molecule has 0 nitrogen and oxygen atoms in total. The SMILES string of the molecule is C/C=C\C=C\C.CC. The second-order valence-corrected chi connectivity index (χ2v) is 1.05. The van der Waals surface area contributed by atoms with Crippen molar-refractivity contribution in [3.05, 3.63) is 24.3 Å². The standard InChI is InChI=1S/C6H10.C2H6/c1-3-5-6-4-2;1-2/h3-6H,1-2H3;1-2H3/b5-3-,6-4+;. The molecule has 0 N–H and O–H groups in total. The molecule has 0 saturated heterocycles. The zero-order chi connectivity index (χ0) is 6.83. The van der Waals surface area contributed by atoms with Crippen molar-refractivity contribution in [2.45, 2.75) is 27.7 Å². The van der Waals surface area contributed by atoms with E-state index in [1.54, 1.807) is 0 Å². The second-order valence-electron chi connectivity index (χ2n) is 1.05. The van der Waals surface area contributed by atoms with Gasteiger partial charge in [0, 0.05) is 0 Å².